The zero-order valence-electron chi connectivity index (χ0n) is 8.42. The van der Waals surface area contributed by atoms with Crippen molar-refractivity contribution in [1.82, 2.24) is 0 Å². The molecule has 2 N–H and O–H groups in total. The summed E-state index contributed by atoms with van der Waals surface area (Å²) in [4.78, 5) is 12.3. The van der Waals surface area contributed by atoms with Gasteiger partial charge in [-0.15, -0.1) is 0 Å². The number of rotatable bonds is 1. The van der Waals surface area contributed by atoms with Crippen molar-refractivity contribution >= 4 is 11.8 Å². The summed E-state index contributed by atoms with van der Waals surface area (Å²) in [6.45, 7) is 1.62. The minimum atomic E-state index is -1.01. The van der Waals surface area contributed by atoms with E-state index in [1.54, 1.807) is 19.1 Å². The van der Waals surface area contributed by atoms with Crippen LogP contribution in [0.15, 0.2) is 24.3 Å². The number of hydrogen-bond donors (Lipinski definition) is 2. The van der Waals surface area contributed by atoms with Crippen LogP contribution >= 0.6 is 0 Å². The van der Waals surface area contributed by atoms with Crippen LogP contribution in [0.2, 0.25) is 0 Å². The number of aliphatic hydroxyl groups is 1. The van der Waals surface area contributed by atoms with Gasteiger partial charge in [-0.3, -0.25) is 4.90 Å². The van der Waals surface area contributed by atoms with Crippen LogP contribution in [-0.2, 0) is 6.42 Å². The van der Waals surface area contributed by atoms with Gasteiger partial charge in [-0.25, -0.2) is 4.79 Å². The first-order valence-electron chi connectivity index (χ1n) is 4.89. The second-order valence-corrected chi connectivity index (χ2v) is 3.79. The summed E-state index contributed by atoms with van der Waals surface area (Å²) in [7, 11) is 0. The highest BCUT2D eigenvalue weighted by molar-refractivity contribution is 5.90. The minimum Gasteiger partial charge on any atom is -0.465 e. The molecule has 1 unspecified atom stereocenters. The normalized spacial score (nSPS) is 21.2. The molecule has 0 aliphatic carbocycles. The lowest BCUT2D eigenvalue weighted by Gasteiger charge is -2.24. The number of aliphatic hydroxyl groups excluding tert-OH is 1. The molecule has 0 radical (unpaired) electrons. The van der Waals surface area contributed by atoms with E-state index < -0.39 is 12.2 Å². The topological polar surface area (TPSA) is 60.8 Å². The van der Waals surface area contributed by atoms with Gasteiger partial charge in [0, 0.05) is 0 Å². The number of benzene rings is 1. The number of hydrogen-bond acceptors (Lipinski definition) is 2. The van der Waals surface area contributed by atoms with Crippen molar-refractivity contribution in [2.75, 3.05) is 4.90 Å². The molecule has 0 bridgehead atoms. The Balaban J connectivity index is 2.42. The van der Waals surface area contributed by atoms with E-state index >= 15 is 0 Å². The summed E-state index contributed by atoms with van der Waals surface area (Å²) in [6, 6.07) is 6.99. The Hall–Kier alpha value is -1.55. The molecular weight excluding hydrogens is 194 g/mol. The van der Waals surface area contributed by atoms with E-state index in [9.17, 15) is 9.90 Å². The third kappa shape index (κ3) is 1.57. The van der Waals surface area contributed by atoms with Crippen molar-refractivity contribution in [2.24, 2.45) is 0 Å². The van der Waals surface area contributed by atoms with Gasteiger partial charge in [0.2, 0.25) is 0 Å². The zero-order valence-corrected chi connectivity index (χ0v) is 8.42. The van der Waals surface area contributed by atoms with Crippen LogP contribution in [0.1, 0.15) is 12.5 Å². The van der Waals surface area contributed by atoms with Crippen molar-refractivity contribution in [1.29, 1.82) is 0 Å². The summed E-state index contributed by atoms with van der Waals surface area (Å²) < 4.78 is 0. The van der Waals surface area contributed by atoms with Gasteiger partial charge < -0.3 is 10.2 Å². The summed E-state index contributed by atoms with van der Waals surface area (Å²) >= 11 is 0. The molecule has 0 saturated carbocycles. The Morgan fingerprint density at radius 1 is 1.53 bits per heavy atom. The van der Waals surface area contributed by atoms with Crippen molar-refractivity contribution in [3.63, 3.8) is 0 Å². The molecule has 80 valence electrons. The van der Waals surface area contributed by atoms with E-state index in [1.807, 2.05) is 12.1 Å². The SMILES string of the molecule is C[C@H](O)C1Cc2ccccc2N1C(=O)O. The number of fused-ring (bicyclic) bond motifs is 1. The van der Waals surface area contributed by atoms with Crippen molar-refractivity contribution in [3.05, 3.63) is 29.8 Å². The molecule has 0 fully saturated rings. The Morgan fingerprint density at radius 3 is 2.80 bits per heavy atom. The second kappa shape index (κ2) is 3.55. The lowest BCUT2D eigenvalue weighted by atomic mass is 10.1. The molecule has 1 amide bonds. The first kappa shape index (κ1) is 9.98. The molecule has 0 saturated heterocycles. The quantitative estimate of drug-likeness (QED) is 0.733. The molecule has 4 heteroatoms. The van der Waals surface area contributed by atoms with Crippen molar-refractivity contribution < 1.29 is 15.0 Å². The van der Waals surface area contributed by atoms with Crippen LogP contribution in [0.3, 0.4) is 0 Å². The standard InChI is InChI=1S/C11H13NO3/c1-7(13)10-6-8-4-2-3-5-9(8)12(10)11(14)15/h2-5,7,10,13H,6H2,1H3,(H,14,15)/t7-,10?/m0/s1. The van der Waals surface area contributed by atoms with E-state index in [2.05, 4.69) is 0 Å². The van der Waals surface area contributed by atoms with E-state index in [0.29, 0.717) is 12.1 Å². The summed E-state index contributed by atoms with van der Waals surface area (Å²) in [6.07, 6.45) is -1.08. The summed E-state index contributed by atoms with van der Waals surface area (Å²) in [5.74, 6) is 0. The van der Waals surface area contributed by atoms with Gasteiger partial charge in [-0.2, -0.15) is 0 Å². The van der Waals surface area contributed by atoms with Crippen LogP contribution < -0.4 is 4.90 Å². The third-order valence-electron chi connectivity index (χ3n) is 2.77. The molecule has 2 rings (SSSR count). The number of anilines is 1. The summed E-state index contributed by atoms with van der Waals surface area (Å²) in [5.41, 5.74) is 1.67. The fourth-order valence-corrected chi connectivity index (χ4v) is 2.04. The second-order valence-electron chi connectivity index (χ2n) is 3.79. The first-order valence-corrected chi connectivity index (χ1v) is 4.89. The monoisotopic (exact) mass is 207 g/mol. The number of amides is 1. The zero-order chi connectivity index (χ0) is 11.0. The van der Waals surface area contributed by atoms with Gasteiger partial charge in [0.05, 0.1) is 17.8 Å². The Labute approximate surface area is 87.8 Å². The molecule has 0 spiro atoms. The molecule has 1 aliphatic heterocycles. The lowest BCUT2D eigenvalue weighted by Crippen LogP contribution is -2.43. The maximum Gasteiger partial charge on any atom is 0.412 e. The largest absolute Gasteiger partial charge is 0.465 e. The van der Waals surface area contributed by atoms with Crippen LogP contribution in [-0.4, -0.2) is 28.5 Å². The average Bonchev–Trinajstić information content (AvgIpc) is 2.56. The highest BCUT2D eigenvalue weighted by atomic mass is 16.4. The Kier molecular flexibility index (Phi) is 2.36. The van der Waals surface area contributed by atoms with Crippen LogP contribution in [0.5, 0.6) is 0 Å². The highest BCUT2D eigenvalue weighted by Gasteiger charge is 2.36. The van der Waals surface area contributed by atoms with Crippen LogP contribution in [0.4, 0.5) is 10.5 Å². The smallest absolute Gasteiger partial charge is 0.412 e. The van der Waals surface area contributed by atoms with Gasteiger partial charge in [0.25, 0.3) is 0 Å². The van der Waals surface area contributed by atoms with Crippen LogP contribution in [0.25, 0.3) is 0 Å². The molecule has 4 nitrogen and oxygen atoms in total. The lowest BCUT2D eigenvalue weighted by molar-refractivity contribution is 0.151. The molecule has 1 aromatic rings. The fourth-order valence-electron chi connectivity index (χ4n) is 2.04. The third-order valence-corrected chi connectivity index (χ3v) is 2.77. The maximum absolute atomic E-state index is 11.1. The molecule has 15 heavy (non-hydrogen) atoms. The molecular formula is C11H13NO3. The highest BCUT2D eigenvalue weighted by Crippen LogP contribution is 2.33. The molecule has 1 aliphatic rings. The minimum absolute atomic E-state index is 0.361. The van der Waals surface area contributed by atoms with Gasteiger partial charge in [-0.05, 0) is 25.0 Å². The van der Waals surface area contributed by atoms with E-state index in [4.69, 9.17) is 5.11 Å². The number of carboxylic acid groups (broad SMARTS) is 1. The van der Waals surface area contributed by atoms with Gasteiger partial charge in [0.15, 0.2) is 0 Å². The summed E-state index contributed by atoms with van der Waals surface area (Å²) in [5, 5.41) is 18.6. The van der Waals surface area contributed by atoms with Crippen molar-refractivity contribution in [2.45, 2.75) is 25.5 Å². The van der Waals surface area contributed by atoms with Crippen molar-refractivity contribution in [3.8, 4) is 0 Å². The molecule has 1 aromatic carbocycles. The fraction of sp³-hybridized carbons (Fsp3) is 0.364. The predicted octanol–water partition coefficient (Wildman–Crippen LogP) is 1.48. The first-order chi connectivity index (χ1) is 7.11. The Morgan fingerprint density at radius 2 is 2.20 bits per heavy atom. The average molecular weight is 207 g/mol. The molecule has 1 heterocycles. The predicted molar refractivity (Wildman–Crippen MR) is 56.1 cm³/mol. The van der Waals surface area contributed by atoms with Gasteiger partial charge in [-0.1, -0.05) is 18.2 Å². The van der Waals surface area contributed by atoms with E-state index in [-0.39, 0.29) is 6.04 Å². The van der Waals surface area contributed by atoms with Gasteiger partial charge in [0.1, 0.15) is 0 Å². The molecule has 0 aromatic heterocycles. The van der Waals surface area contributed by atoms with Gasteiger partial charge >= 0.3 is 6.09 Å². The van der Waals surface area contributed by atoms with Crippen LogP contribution in [0, 0.1) is 0 Å². The number of para-hydroxylation sites is 1. The number of nitrogens with zero attached hydrogens (tertiary/aromatic N) is 1. The number of carbonyl (C=O) groups is 1. The Bertz CT molecular complexity index is 389. The molecule has 2 atom stereocenters. The van der Waals surface area contributed by atoms with E-state index in [0.717, 1.165) is 5.56 Å². The van der Waals surface area contributed by atoms with E-state index in [1.165, 1.54) is 4.90 Å². The maximum atomic E-state index is 11.1.